The predicted octanol–water partition coefficient (Wildman–Crippen LogP) is 5.74. The molecule has 2 rings (SSSR count). The number of ketones is 2. The first-order valence-corrected chi connectivity index (χ1v) is 8.83. The highest BCUT2D eigenvalue weighted by molar-refractivity contribution is 9.10. The maximum Gasteiger partial charge on any atom is 0.177 e. The summed E-state index contributed by atoms with van der Waals surface area (Å²) in [6, 6.07) is 14.4. The zero-order chi connectivity index (χ0) is 16.5. The van der Waals surface area contributed by atoms with E-state index in [4.69, 9.17) is 23.2 Å². The zero-order valence-electron chi connectivity index (χ0n) is 11.4. The van der Waals surface area contributed by atoms with E-state index in [1.54, 1.807) is 24.3 Å². The minimum absolute atomic E-state index is 0.0381. The number of alkyl halides is 2. The molecule has 6 heteroatoms. The second-order valence-corrected chi connectivity index (χ2v) is 6.50. The van der Waals surface area contributed by atoms with Crippen molar-refractivity contribution in [3.8, 4) is 0 Å². The number of halogens is 4. The van der Waals surface area contributed by atoms with E-state index in [9.17, 15) is 9.59 Å². The molecule has 0 atom stereocenters. The van der Waals surface area contributed by atoms with Crippen LogP contribution in [0.15, 0.2) is 57.5 Å². The normalized spacial score (nSPS) is 9.64. The van der Waals surface area contributed by atoms with E-state index in [1.165, 1.54) is 0 Å². The van der Waals surface area contributed by atoms with Crippen LogP contribution in [0.5, 0.6) is 0 Å². The number of hydrogen-bond acceptors (Lipinski definition) is 2. The summed E-state index contributed by atoms with van der Waals surface area (Å²) in [6.45, 7) is 0. The lowest BCUT2D eigenvalue weighted by molar-refractivity contribution is 0.101. The molecule has 0 fully saturated rings. The Morgan fingerprint density at radius 1 is 0.773 bits per heavy atom. The summed E-state index contributed by atoms with van der Waals surface area (Å²) >= 11 is 17.3. The molecule has 0 aliphatic carbocycles. The standard InChI is InChI=1S/2C8H6BrClO/c2*9-7-3-1-2-6(4-7)8(11)5-10/h2*1-4H,5H2. The van der Waals surface area contributed by atoms with E-state index in [0.717, 1.165) is 8.95 Å². The van der Waals surface area contributed by atoms with Crippen molar-refractivity contribution in [2.45, 2.75) is 0 Å². The molecule has 0 amide bonds. The van der Waals surface area contributed by atoms with Crippen LogP contribution in [0, 0.1) is 0 Å². The first-order chi connectivity index (χ1) is 10.5. The third-order valence-electron chi connectivity index (χ3n) is 2.54. The van der Waals surface area contributed by atoms with Crippen LogP contribution in [0.4, 0.5) is 0 Å². The molecule has 0 radical (unpaired) electrons. The highest BCUT2D eigenvalue weighted by Gasteiger charge is 2.03. The van der Waals surface area contributed by atoms with Crippen LogP contribution in [0.2, 0.25) is 0 Å². The van der Waals surface area contributed by atoms with Gasteiger partial charge >= 0.3 is 0 Å². The van der Waals surface area contributed by atoms with Gasteiger partial charge in [0.15, 0.2) is 11.6 Å². The van der Waals surface area contributed by atoms with Gasteiger partial charge in [0.1, 0.15) is 0 Å². The average molecular weight is 467 g/mol. The first kappa shape index (κ1) is 19.4. The SMILES string of the molecule is O=C(CCl)c1cccc(Br)c1.O=C(CCl)c1cccc(Br)c1. The lowest BCUT2D eigenvalue weighted by atomic mass is 10.2. The minimum atomic E-state index is -0.0482. The quantitative estimate of drug-likeness (QED) is 0.425. The molecular formula is C16H12Br2Cl2O2. The van der Waals surface area contributed by atoms with Gasteiger partial charge in [-0.2, -0.15) is 0 Å². The molecule has 0 spiro atoms. The number of carbonyl (C=O) groups excluding carboxylic acids is 2. The Morgan fingerprint density at radius 2 is 1.14 bits per heavy atom. The van der Waals surface area contributed by atoms with Crippen molar-refractivity contribution in [3.05, 3.63) is 68.6 Å². The van der Waals surface area contributed by atoms with E-state index < -0.39 is 0 Å². The maximum absolute atomic E-state index is 11.0. The number of hydrogen-bond donors (Lipinski definition) is 0. The van der Waals surface area contributed by atoms with Gasteiger partial charge in [-0.15, -0.1) is 23.2 Å². The summed E-state index contributed by atoms with van der Waals surface area (Å²) in [5.41, 5.74) is 1.30. The van der Waals surface area contributed by atoms with Gasteiger partial charge in [0.2, 0.25) is 0 Å². The fourth-order valence-electron chi connectivity index (χ4n) is 1.48. The minimum Gasteiger partial charge on any atom is -0.293 e. The molecule has 0 saturated carbocycles. The van der Waals surface area contributed by atoms with Crippen molar-refractivity contribution >= 4 is 66.6 Å². The van der Waals surface area contributed by atoms with Crippen LogP contribution in [-0.4, -0.2) is 23.3 Å². The zero-order valence-corrected chi connectivity index (χ0v) is 16.0. The Hall–Kier alpha value is -0.680. The molecule has 2 aromatic carbocycles. The third-order valence-corrected chi connectivity index (χ3v) is 4.01. The van der Waals surface area contributed by atoms with E-state index >= 15 is 0 Å². The van der Waals surface area contributed by atoms with Gasteiger partial charge in [-0.3, -0.25) is 9.59 Å². The molecule has 0 bridgehead atoms. The molecule has 0 aliphatic heterocycles. The topological polar surface area (TPSA) is 34.1 Å². The molecule has 0 aromatic heterocycles. The van der Waals surface area contributed by atoms with Crippen molar-refractivity contribution in [1.82, 2.24) is 0 Å². The fraction of sp³-hybridized carbons (Fsp3) is 0.125. The Morgan fingerprint density at radius 3 is 1.41 bits per heavy atom. The van der Waals surface area contributed by atoms with Crippen LogP contribution in [0.1, 0.15) is 20.7 Å². The maximum atomic E-state index is 11.0. The highest BCUT2D eigenvalue weighted by atomic mass is 79.9. The molecule has 0 saturated heterocycles. The van der Waals surface area contributed by atoms with E-state index in [-0.39, 0.29) is 23.3 Å². The Bertz CT molecular complexity index is 603. The Kier molecular flexibility index (Phi) is 8.95. The van der Waals surface area contributed by atoms with Gasteiger partial charge < -0.3 is 0 Å². The van der Waals surface area contributed by atoms with Gasteiger partial charge in [0, 0.05) is 20.1 Å². The Labute approximate surface area is 156 Å². The molecular weight excluding hydrogens is 455 g/mol. The summed E-state index contributed by atoms with van der Waals surface area (Å²) in [5, 5.41) is 0. The second-order valence-electron chi connectivity index (χ2n) is 4.13. The van der Waals surface area contributed by atoms with Gasteiger partial charge in [0.05, 0.1) is 11.8 Å². The summed E-state index contributed by atoms with van der Waals surface area (Å²) in [6.07, 6.45) is 0. The van der Waals surface area contributed by atoms with E-state index in [0.29, 0.717) is 11.1 Å². The monoisotopic (exact) mass is 464 g/mol. The van der Waals surface area contributed by atoms with Crippen molar-refractivity contribution < 1.29 is 9.59 Å². The molecule has 0 unspecified atom stereocenters. The van der Waals surface area contributed by atoms with Crippen LogP contribution in [-0.2, 0) is 0 Å². The third kappa shape index (κ3) is 6.61. The summed E-state index contributed by atoms with van der Waals surface area (Å²) in [4.78, 5) is 22.0. The molecule has 2 nitrogen and oxygen atoms in total. The van der Waals surface area contributed by atoms with Crippen LogP contribution >= 0.6 is 55.1 Å². The van der Waals surface area contributed by atoms with E-state index in [2.05, 4.69) is 31.9 Å². The molecule has 0 aliphatic rings. The number of benzene rings is 2. The smallest absolute Gasteiger partial charge is 0.177 e. The lowest BCUT2D eigenvalue weighted by Gasteiger charge is -1.95. The number of Topliss-reactive ketones (excluding diaryl/α,β-unsaturated/α-hetero) is 2. The number of rotatable bonds is 4. The first-order valence-electron chi connectivity index (χ1n) is 6.17. The van der Waals surface area contributed by atoms with Gasteiger partial charge in [-0.25, -0.2) is 0 Å². The van der Waals surface area contributed by atoms with Crippen LogP contribution in [0.3, 0.4) is 0 Å². The molecule has 22 heavy (non-hydrogen) atoms. The molecule has 2 aromatic rings. The van der Waals surface area contributed by atoms with Crippen molar-refractivity contribution in [1.29, 1.82) is 0 Å². The van der Waals surface area contributed by atoms with Crippen molar-refractivity contribution in [3.63, 3.8) is 0 Å². The molecule has 0 heterocycles. The highest BCUT2D eigenvalue weighted by Crippen LogP contribution is 2.13. The van der Waals surface area contributed by atoms with Crippen molar-refractivity contribution in [2.24, 2.45) is 0 Å². The summed E-state index contributed by atoms with van der Waals surface area (Å²) in [5.74, 6) is -0.0201. The number of carbonyl (C=O) groups is 2. The largest absolute Gasteiger partial charge is 0.293 e. The van der Waals surface area contributed by atoms with Crippen LogP contribution < -0.4 is 0 Å². The fourth-order valence-corrected chi connectivity index (χ4v) is 2.59. The lowest BCUT2D eigenvalue weighted by Crippen LogP contribution is -1.99. The molecule has 116 valence electrons. The average Bonchev–Trinajstić information content (AvgIpc) is 2.54. The van der Waals surface area contributed by atoms with Gasteiger partial charge in [-0.05, 0) is 24.3 Å². The van der Waals surface area contributed by atoms with Gasteiger partial charge in [-0.1, -0.05) is 56.1 Å². The van der Waals surface area contributed by atoms with E-state index in [1.807, 2.05) is 24.3 Å². The summed E-state index contributed by atoms with van der Waals surface area (Å²) < 4.78 is 1.79. The second kappa shape index (κ2) is 10.2. The summed E-state index contributed by atoms with van der Waals surface area (Å²) in [7, 11) is 0. The van der Waals surface area contributed by atoms with Gasteiger partial charge in [0.25, 0.3) is 0 Å². The molecule has 0 N–H and O–H groups in total. The predicted molar refractivity (Wildman–Crippen MR) is 98.4 cm³/mol. The Balaban J connectivity index is 0.000000220. The van der Waals surface area contributed by atoms with Crippen LogP contribution in [0.25, 0.3) is 0 Å². The van der Waals surface area contributed by atoms with Crippen molar-refractivity contribution in [2.75, 3.05) is 11.8 Å².